The summed E-state index contributed by atoms with van der Waals surface area (Å²) in [5, 5.41) is 3.03. The van der Waals surface area contributed by atoms with Gasteiger partial charge in [-0.25, -0.2) is 4.98 Å². The van der Waals surface area contributed by atoms with Gasteiger partial charge in [0.05, 0.1) is 0 Å². The Bertz CT molecular complexity index is 819. The molecule has 1 amide bonds. The number of nitrogens with zero attached hydrogens (tertiary/aromatic N) is 4. The van der Waals surface area contributed by atoms with Crippen LogP contribution in [0.2, 0.25) is 0 Å². The van der Waals surface area contributed by atoms with Crippen LogP contribution in [0.4, 0.5) is 11.8 Å². The van der Waals surface area contributed by atoms with Gasteiger partial charge in [-0.15, -0.1) is 0 Å². The molecular weight excluding hydrogens is 350 g/mol. The molecule has 28 heavy (non-hydrogen) atoms. The maximum atomic E-state index is 12.6. The minimum absolute atomic E-state index is 0.102. The largest absolute Gasteiger partial charge is 0.363 e. The molecule has 0 spiro atoms. The van der Waals surface area contributed by atoms with E-state index in [2.05, 4.69) is 45.5 Å². The van der Waals surface area contributed by atoms with E-state index in [9.17, 15) is 4.79 Å². The average molecular weight is 380 g/mol. The van der Waals surface area contributed by atoms with E-state index in [1.54, 1.807) is 6.07 Å². The first kappa shape index (κ1) is 18.7. The second-order valence-electron chi connectivity index (χ2n) is 8.16. The smallest absolute Gasteiger partial charge is 0.270 e. The third-order valence-electron chi connectivity index (χ3n) is 5.62. The van der Waals surface area contributed by atoms with E-state index in [-0.39, 0.29) is 5.91 Å². The summed E-state index contributed by atoms with van der Waals surface area (Å²) in [5.41, 5.74) is 1.81. The Hall–Kier alpha value is -2.63. The van der Waals surface area contributed by atoms with Gasteiger partial charge < -0.3 is 15.1 Å². The lowest BCUT2D eigenvalue weighted by atomic mass is 9.91. The zero-order valence-corrected chi connectivity index (χ0v) is 16.8. The van der Waals surface area contributed by atoms with E-state index in [0.29, 0.717) is 23.5 Å². The van der Waals surface area contributed by atoms with Gasteiger partial charge in [-0.3, -0.25) is 4.79 Å². The van der Waals surface area contributed by atoms with Crippen molar-refractivity contribution in [3.63, 3.8) is 0 Å². The summed E-state index contributed by atoms with van der Waals surface area (Å²) in [4.78, 5) is 26.2. The highest BCUT2D eigenvalue weighted by Gasteiger charge is 2.26. The van der Waals surface area contributed by atoms with Crippen LogP contribution in [0, 0.1) is 5.92 Å². The van der Waals surface area contributed by atoms with Crippen molar-refractivity contribution < 1.29 is 4.79 Å². The number of piperidine rings is 1. The Morgan fingerprint density at radius 2 is 1.96 bits per heavy atom. The summed E-state index contributed by atoms with van der Waals surface area (Å²) in [7, 11) is 3.89. The third-order valence-corrected chi connectivity index (χ3v) is 5.62. The molecule has 1 aromatic carbocycles. The second-order valence-corrected chi connectivity index (χ2v) is 8.16. The van der Waals surface area contributed by atoms with E-state index in [4.69, 9.17) is 4.98 Å². The highest BCUT2D eigenvalue weighted by Crippen LogP contribution is 2.30. The maximum Gasteiger partial charge on any atom is 0.270 e. The molecule has 1 atom stereocenters. The molecule has 0 unspecified atom stereocenters. The summed E-state index contributed by atoms with van der Waals surface area (Å²) in [6.45, 7) is 2.54. The molecule has 1 saturated heterocycles. The van der Waals surface area contributed by atoms with Crippen molar-refractivity contribution in [2.24, 2.45) is 5.92 Å². The van der Waals surface area contributed by atoms with Crippen molar-refractivity contribution in [1.29, 1.82) is 0 Å². The van der Waals surface area contributed by atoms with Crippen molar-refractivity contribution in [3.8, 4) is 0 Å². The number of nitrogens with one attached hydrogen (secondary N) is 1. The molecule has 1 saturated carbocycles. The van der Waals surface area contributed by atoms with Crippen LogP contribution in [0.5, 0.6) is 0 Å². The molecule has 2 fully saturated rings. The Kier molecular flexibility index (Phi) is 5.46. The third kappa shape index (κ3) is 4.43. The van der Waals surface area contributed by atoms with Gasteiger partial charge in [0.25, 0.3) is 5.91 Å². The molecule has 6 heteroatoms. The first-order chi connectivity index (χ1) is 13.6. The van der Waals surface area contributed by atoms with Crippen LogP contribution in [0.25, 0.3) is 0 Å². The minimum Gasteiger partial charge on any atom is -0.363 e. The lowest BCUT2D eigenvalue weighted by molar-refractivity contribution is 0.0946. The molecule has 1 aliphatic carbocycles. The summed E-state index contributed by atoms with van der Waals surface area (Å²) in [5.74, 6) is 2.43. The molecular formula is C22H29N5O. The van der Waals surface area contributed by atoms with Gasteiger partial charge >= 0.3 is 0 Å². The van der Waals surface area contributed by atoms with Crippen molar-refractivity contribution in [1.82, 2.24) is 15.3 Å². The van der Waals surface area contributed by atoms with Crippen LogP contribution in [0.3, 0.4) is 0 Å². The molecule has 1 aromatic heterocycles. The minimum atomic E-state index is -0.102. The van der Waals surface area contributed by atoms with Crippen LogP contribution in [-0.2, 0) is 0 Å². The highest BCUT2D eigenvalue weighted by atomic mass is 16.1. The zero-order chi connectivity index (χ0) is 19.5. The molecule has 2 aliphatic rings. The number of carbonyl (C=O) groups excluding carboxylic acids is 1. The van der Waals surface area contributed by atoms with Gasteiger partial charge in [-0.1, -0.05) is 30.3 Å². The fourth-order valence-corrected chi connectivity index (χ4v) is 3.71. The van der Waals surface area contributed by atoms with Gasteiger partial charge in [0.1, 0.15) is 11.5 Å². The predicted molar refractivity (Wildman–Crippen MR) is 112 cm³/mol. The molecule has 2 heterocycles. The van der Waals surface area contributed by atoms with Crippen molar-refractivity contribution in [2.45, 2.75) is 31.6 Å². The van der Waals surface area contributed by atoms with Crippen LogP contribution in [0.15, 0.2) is 36.4 Å². The molecule has 6 nitrogen and oxygen atoms in total. The summed E-state index contributed by atoms with van der Waals surface area (Å²) < 4.78 is 0. The molecule has 0 bridgehead atoms. The van der Waals surface area contributed by atoms with E-state index >= 15 is 0 Å². The maximum absolute atomic E-state index is 12.6. The lowest BCUT2D eigenvalue weighted by Gasteiger charge is -2.33. The SMILES string of the molecule is CN(C)c1cc(C(=O)NCC2CC2)nc(N2CCC[C@@H](c3ccccc3)C2)n1. The molecule has 1 N–H and O–H groups in total. The van der Waals surface area contributed by atoms with Crippen molar-refractivity contribution in [2.75, 3.05) is 43.5 Å². The van der Waals surface area contributed by atoms with Crippen molar-refractivity contribution in [3.05, 3.63) is 47.7 Å². The Morgan fingerprint density at radius 1 is 1.18 bits per heavy atom. The predicted octanol–water partition coefficient (Wildman–Crippen LogP) is 3.07. The number of benzene rings is 1. The molecule has 0 radical (unpaired) electrons. The van der Waals surface area contributed by atoms with Crippen LogP contribution in [0.1, 0.15) is 47.7 Å². The number of hydrogen-bond donors (Lipinski definition) is 1. The average Bonchev–Trinajstić information content (AvgIpc) is 3.57. The second kappa shape index (κ2) is 8.17. The Morgan fingerprint density at radius 3 is 2.68 bits per heavy atom. The number of hydrogen-bond acceptors (Lipinski definition) is 5. The lowest BCUT2D eigenvalue weighted by Crippen LogP contribution is -2.36. The van der Waals surface area contributed by atoms with Gasteiger partial charge in [0.15, 0.2) is 0 Å². The Labute approximate surface area is 167 Å². The number of amides is 1. The van der Waals surface area contributed by atoms with Crippen LogP contribution in [-0.4, -0.2) is 49.6 Å². The number of rotatable bonds is 6. The number of carbonyl (C=O) groups is 1. The number of anilines is 2. The summed E-state index contributed by atoms with van der Waals surface area (Å²) in [6, 6.07) is 12.4. The van der Waals surface area contributed by atoms with E-state index in [1.807, 2.05) is 19.0 Å². The highest BCUT2D eigenvalue weighted by molar-refractivity contribution is 5.93. The molecule has 1 aliphatic heterocycles. The standard InChI is InChI=1S/C22H29N5O/c1-26(2)20-13-19(21(28)23-14-16-10-11-16)24-22(25-20)27-12-6-9-18(15-27)17-7-4-3-5-8-17/h3-5,7-8,13,16,18H,6,9-12,14-15H2,1-2H3,(H,23,28)/t18-/m1/s1. The molecule has 148 valence electrons. The first-order valence-electron chi connectivity index (χ1n) is 10.2. The topological polar surface area (TPSA) is 61.4 Å². The van der Waals surface area contributed by atoms with E-state index < -0.39 is 0 Å². The fourth-order valence-electron chi connectivity index (χ4n) is 3.71. The van der Waals surface area contributed by atoms with Crippen LogP contribution >= 0.6 is 0 Å². The quantitative estimate of drug-likeness (QED) is 0.836. The van der Waals surface area contributed by atoms with Gasteiger partial charge in [-0.2, -0.15) is 4.98 Å². The van der Waals surface area contributed by atoms with Gasteiger partial charge in [-0.05, 0) is 37.2 Å². The first-order valence-corrected chi connectivity index (χ1v) is 10.2. The van der Waals surface area contributed by atoms with Crippen molar-refractivity contribution >= 4 is 17.7 Å². The molecule has 2 aromatic rings. The molecule has 4 rings (SSSR count). The van der Waals surface area contributed by atoms with Gasteiger partial charge in [0, 0.05) is 45.7 Å². The van der Waals surface area contributed by atoms with Gasteiger partial charge in [0.2, 0.25) is 5.95 Å². The summed E-state index contributed by atoms with van der Waals surface area (Å²) >= 11 is 0. The van der Waals surface area contributed by atoms with E-state index in [0.717, 1.165) is 31.9 Å². The van der Waals surface area contributed by atoms with Crippen LogP contribution < -0.4 is 15.1 Å². The zero-order valence-electron chi connectivity index (χ0n) is 16.8. The van der Waals surface area contributed by atoms with E-state index in [1.165, 1.54) is 24.8 Å². The monoisotopic (exact) mass is 379 g/mol. The Balaban J connectivity index is 1.55. The summed E-state index contributed by atoms with van der Waals surface area (Å²) in [6.07, 6.45) is 4.70. The fraction of sp³-hybridized carbons (Fsp3) is 0.500. The number of aromatic nitrogens is 2. The normalized spacial score (nSPS) is 19.4.